The number of nitrogens with one attached hydrogen (secondary N) is 2. The lowest BCUT2D eigenvalue weighted by molar-refractivity contribution is -0.139. The minimum atomic E-state index is -4.90. The molecule has 0 heterocycles. The second-order valence-electron chi connectivity index (χ2n) is 6.12. The summed E-state index contributed by atoms with van der Waals surface area (Å²) in [6, 6.07) is 12.0. The van der Waals surface area contributed by atoms with Crippen molar-refractivity contribution in [3.05, 3.63) is 88.5 Å². The van der Waals surface area contributed by atoms with E-state index in [1.54, 1.807) is 30.3 Å². The van der Waals surface area contributed by atoms with E-state index in [2.05, 4.69) is 15.5 Å². The Morgan fingerprint density at radius 1 is 0.968 bits per heavy atom. The maximum absolute atomic E-state index is 13.4. The smallest absolute Gasteiger partial charge is 0.419 e. The second kappa shape index (κ2) is 8.93. The Morgan fingerprint density at radius 3 is 2.29 bits per heavy atom. The van der Waals surface area contributed by atoms with Gasteiger partial charge in [-0.15, -0.1) is 0 Å². The molecule has 2 N–H and O–H groups in total. The number of rotatable bonds is 4. The van der Waals surface area contributed by atoms with Crippen molar-refractivity contribution < 1.29 is 27.1 Å². The first-order chi connectivity index (χ1) is 14.7. The van der Waals surface area contributed by atoms with Crippen LogP contribution in [-0.2, 0) is 6.18 Å². The molecule has 0 spiro atoms. The number of hydrogen-bond acceptors (Lipinski definition) is 2. The number of halogens is 5. The summed E-state index contributed by atoms with van der Waals surface area (Å²) in [7, 11) is 0. The van der Waals surface area contributed by atoms with E-state index in [0.717, 1.165) is 6.07 Å². The first kappa shape index (κ1) is 21.9. The van der Waals surface area contributed by atoms with Gasteiger partial charge in [0.1, 0.15) is 17.3 Å². The number of alkyl halides is 3. The van der Waals surface area contributed by atoms with Crippen LogP contribution in [0.4, 0.5) is 39.4 Å². The number of carbonyl (C=O) groups is 1. The van der Waals surface area contributed by atoms with Gasteiger partial charge < -0.3 is 15.4 Å². The van der Waals surface area contributed by atoms with Gasteiger partial charge in [0.25, 0.3) is 0 Å². The number of amides is 2. The zero-order valence-corrected chi connectivity index (χ0v) is 16.2. The lowest BCUT2D eigenvalue weighted by Gasteiger charge is -2.13. The average molecular weight is 450 g/mol. The lowest BCUT2D eigenvalue weighted by Crippen LogP contribution is -2.20. The summed E-state index contributed by atoms with van der Waals surface area (Å²) < 4.78 is 57.5. The third kappa shape index (κ3) is 5.65. The molecule has 0 atom stereocenters. The van der Waals surface area contributed by atoms with Gasteiger partial charge in [-0.25, -0.2) is 14.0 Å². The van der Waals surface area contributed by atoms with Crippen LogP contribution in [0.2, 0.25) is 5.02 Å². The minimum Gasteiger partial charge on any atom is -0.457 e. The molecule has 0 aliphatic carbocycles. The van der Waals surface area contributed by atoms with E-state index in [1.807, 2.05) is 0 Å². The minimum absolute atomic E-state index is 0.132. The fraction of sp³-hybridized carbons (Fsp3) is 0.0476. The molecule has 0 unspecified atom stereocenters. The highest BCUT2D eigenvalue weighted by Crippen LogP contribution is 2.33. The normalized spacial score (nSPS) is 10.8. The predicted molar refractivity (Wildman–Crippen MR) is 108 cm³/mol. The van der Waals surface area contributed by atoms with E-state index in [4.69, 9.17) is 22.9 Å². The van der Waals surface area contributed by atoms with Crippen molar-refractivity contribution in [2.24, 2.45) is 0 Å². The van der Waals surface area contributed by atoms with Crippen molar-refractivity contribution in [1.29, 1.82) is 0 Å². The molecular formula is C21H12ClF4N3O2. The fourth-order valence-electron chi connectivity index (χ4n) is 2.49. The summed E-state index contributed by atoms with van der Waals surface area (Å²) in [6.07, 6.45) is -4.90. The Bertz CT molecular complexity index is 1160. The molecule has 2 amide bonds. The van der Waals surface area contributed by atoms with E-state index < -0.39 is 23.6 Å². The summed E-state index contributed by atoms with van der Waals surface area (Å²) in [4.78, 5) is 15.5. The number of carbonyl (C=O) groups excluding carboxylic acids is 1. The maximum atomic E-state index is 13.4. The molecule has 31 heavy (non-hydrogen) atoms. The van der Waals surface area contributed by atoms with Crippen LogP contribution in [0.5, 0.6) is 11.5 Å². The summed E-state index contributed by atoms with van der Waals surface area (Å²) >= 11 is 6.06. The van der Waals surface area contributed by atoms with Crippen molar-refractivity contribution >= 4 is 34.7 Å². The van der Waals surface area contributed by atoms with Crippen LogP contribution in [0, 0.1) is 12.4 Å². The molecule has 10 heteroatoms. The zero-order chi connectivity index (χ0) is 22.6. The molecule has 0 aromatic heterocycles. The molecule has 0 saturated carbocycles. The highest BCUT2D eigenvalue weighted by atomic mass is 35.5. The summed E-state index contributed by atoms with van der Waals surface area (Å²) in [5, 5.41) is 4.75. The largest absolute Gasteiger partial charge is 0.457 e. The summed E-state index contributed by atoms with van der Waals surface area (Å²) in [5.41, 5.74) is -1.18. The average Bonchev–Trinajstić information content (AvgIpc) is 2.71. The number of hydrogen-bond donors (Lipinski definition) is 2. The van der Waals surface area contributed by atoms with E-state index in [1.165, 1.54) is 12.1 Å². The van der Waals surface area contributed by atoms with Gasteiger partial charge in [0.2, 0.25) is 0 Å². The molecule has 5 nitrogen and oxygen atoms in total. The fourth-order valence-corrected chi connectivity index (χ4v) is 2.66. The van der Waals surface area contributed by atoms with Crippen molar-refractivity contribution in [3.63, 3.8) is 0 Å². The quantitative estimate of drug-likeness (QED) is 0.320. The van der Waals surface area contributed by atoms with Gasteiger partial charge >= 0.3 is 12.2 Å². The Morgan fingerprint density at radius 2 is 1.65 bits per heavy atom. The second-order valence-corrected chi connectivity index (χ2v) is 6.53. The highest BCUT2D eigenvalue weighted by Gasteiger charge is 2.34. The molecule has 0 bridgehead atoms. The Balaban J connectivity index is 1.72. The van der Waals surface area contributed by atoms with Crippen molar-refractivity contribution in [2.45, 2.75) is 6.18 Å². The number of anilines is 2. The van der Waals surface area contributed by atoms with Gasteiger partial charge in [0.05, 0.1) is 22.8 Å². The summed E-state index contributed by atoms with van der Waals surface area (Å²) in [5.74, 6) is -0.691. The molecular weight excluding hydrogens is 438 g/mol. The standard InChI is InChI=1S/C21H12ClF4N3O2/c1-27-12-2-5-14(6-3-12)31-15-7-8-17(22)19(11-15)29-20(30)28-13-4-9-18(23)16(10-13)21(24,25)26/h2-11H,(H2,28,29,30). The number of benzene rings is 3. The molecule has 0 radical (unpaired) electrons. The van der Waals surface area contributed by atoms with Crippen LogP contribution in [0.3, 0.4) is 0 Å². The molecule has 3 aromatic rings. The van der Waals surface area contributed by atoms with Gasteiger partial charge in [-0.1, -0.05) is 23.7 Å². The Hall–Kier alpha value is -3.77. The van der Waals surface area contributed by atoms with Crippen molar-refractivity contribution in [2.75, 3.05) is 10.6 Å². The maximum Gasteiger partial charge on any atom is 0.419 e. The summed E-state index contributed by atoms with van der Waals surface area (Å²) in [6.45, 7) is 6.93. The van der Waals surface area contributed by atoms with Crippen LogP contribution in [-0.4, -0.2) is 6.03 Å². The number of urea groups is 1. The van der Waals surface area contributed by atoms with Crippen molar-refractivity contribution in [1.82, 2.24) is 0 Å². The van der Waals surface area contributed by atoms with E-state index >= 15 is 0 Å². The first-order valence-electron chi connectivity index (χ1n) is 8.55. The highest BCUT2D eigenvalue weighted by molar-refractivity contribution is 6.33. The molecule has 3 aromatic carbocycles. The first-order valence-corrected chi connectivity index (χ1v) is 8.93. The molecule has 3 rings (SSSR count). The molecule has 0 fully saturated rings. The van der Waals surface area contributed by atoms with Gasteiger partial charge in [0.15, 0.2) is 5.69 Å². The van der Waals surface area contributed by atoms with Crippen molar-refractivity contribution in [3.8, 4) is 11.5 Å². The van der Waals surface area contributed by atoms with Gasteiger partial charge in [-0.3, -0.25) is 0 Å². The van der Waals surface area contributed by atoms with Crippen LogP contribution in [0.1, 0.15) is 5.56 Å². The Labute approximate surface area is 179 Å². The predicted octanol–water partition coefficient (Wildman–Crippen LogP) is 7.48. The third-order valence-corrected chi connectivity index (χ3v) is 4.25. The zero-order valence-electron chi connectivity index (χ0n) is 15.4. The third-order valence-electron chi connectivity index (χ3n) is 3.92. The molecule has 158 valence electrons. The number of ether oxygens (including phenoxy) is 1. The van der Waals surface area contributed by atoms with Crippen LogP contribution >= 0.6 is 11.6 Å². The van der Waals surface area contributed by atoms with Gasteiger partial charge in [-0.05, 0) is 42.5 Å². The monoisotopic (exact) mass is 449 g/mol. The van der Waals surface area contributed by atoms with Gasteiger partial charge in [0, 0.05) is 11.8 Å². The van der Waals surface area contributed by atoms with E-state index in [9.17, 15) is 22.4 Å². The topological polar surface area (TPSA) is 54.7 Å². The van der Waals surface area contributed by atoms with Crippen LogP contribution in [0.15, 0.2) is 60.7 Å². The van der Waals surface area contributed by atoms with E-state index in [0.29, 0.717) is 29.3 Å². The molecule has 0 aliphatic rings. The Kier molecular flexibility index (Phi) is 6.32. The molecule has 0 aliphatic heterocycles. The van der Waals surface area contributed by atoms with Gasteiger partial charge in [-0.2, -0.15) is 13.2 Å². The SMILES string of the molecule is [C-]#[N+]c1ccc(Oc2ccc(Cl)c(NC(=O)Nc3ccc(F)c(C(F)(F)F)c3)c2)cc1. The molecule has 0 saturated heterocycles. The lowest BCUT2D eigenvalue weighted by atomic mass is 10.2. The van der Waals surface area contributed by atoms with Crippen LogP contribution < -0.4 is 15.4 Å². The van der Waals surface area contributed by atoms with E-state index in [-0.39, 0.29) is 16.4 Å². The number of nitrogens with zero attached hydrogens (tertiary/aromatic N) is 1. The van der Waals surface area contributed by atoms with Crippen LogP contribution in [0.25, 0.3) is 4.85 Å².